The second-order valence-electron chi connectivity index (χ2n) is 5.58. The van der Waals surface area contributed by atoms with Gasteiger partial charge in [-0.05, 0) is 37.6 Å². The van der Waals surface area contributed by atoms with Crippen LogP contribution in [0.15, 0.2) is 53.4 Å². The zero-order chi connectivity index (χ0) is 18.4. The number of para-hydroxylation sites is 2. The third-order valence-corrected chi connectivity index (χ3v) is 5.17. The molecule has 0 bridgehead atoms. The van der Waals surface area contributed by atoms with Gasteiger partial charge < -0.3 is 10.1 Å². The van der Waals surface area contributed by atoms with Crippen molar-refractivity contribution in [2.24, 2.45) is 0 Å². The highest BCUT2D eigenvalue weighted by molar-refractivity contribution is 7.92. The van der Waals surface area contributed by atoms with Crippen molar-refractivity contribution in [3.8, 4) is 5.75 Å². The first-order valence-corrected chi connectivity index (χ1v) is 9.43. The van der Waals surface area contributed by atoms with E-state index in [1.807, 2.05) is 13.8 Å². The van der Waals surface area contributed by atoms with Crippen molar-refractivity contribution in [1.29, 1.82) is 0 Å². The average molecular weight is 362 g/mol. The van der Waals surface area contributed by atoms with E-state index in [9.17, 15) is 13.2 Å². The number of hydrogen-bond acceptors (Lipinski definition) is 4. The van der Waals surface area contributed by atoms with Crippen molar-refractivity contribution in [3.05, 3.63) is 54.1 Å². The average Bonchev–Trinajstić information content (AvgIpc) is 2.61. The fourth-order valence-electron chi connectivity index (χ4n) is 2.21. The van der Waals surface area contributed by atoms with Crippen LogP contribution in [-0.4, -0.2) is 27.5 Å². The molecule has 2 aromatic carbocycles. The Balaban J connectivity index is 2.36. The molecule has 1 atom stereocenters. The number of carbonyl (C=O) groups is 1. The highest BCUT2D eigenvalue weighted by Crippen LogP contribution is 2.26. The van der Waals surface area contributed by atoms with E-state index < -0.39 is 10.0 Å². The monoisotopic (exact) mass is 362 g/mol. The molecule has 1 amide bonds. The minimum atomic E-state index is -3.90. The fourth-order valence-corrected chi connectivity index (χ4v) is 3.47. The maximum absolute atomic E-state index is 12.7. The summed E-state index contributed by atoms with van der Waals surface area (Å²) in [5, 5.41) is 2.84. The molecule has 0 heterocycles. The predicted molar refractivity (Wildman–Crippen MR) is 97.5 cm³/mol. The van der Waals surface area contributed by atoms with Gasteiger partial charge in [0.2, 0.25) is 0 Å². The third kappa shape index (κ3) is 4.51. The maximum Gasteiger partial charge on any atom is 0.265 e. The molecular formula is C18H22N2O4S. The number of hydrogen-bond donors (Lipinski definition) is 2. The fraction of sp³-hybridized carbons (Fsp3) is 0.278. The molecule has 0 aromatic heterocycles. The Morgan fingerprint density at radius 2 is 1.76 bits per heavy atom. The summed E-state index contributed by atoms with van der Waals surface area (Å²) in [5.41, 5.74) is 0.482. The van der Waals surface area contributed by atoms with Crippen LogP contribution in [0.1, 0.15) is 30.6 Å². The summed E-state index contributed by atoms with van der Waals surface area (Å²) in [7, 11) is -2.50. The van der Waals surface area contributed by atoms with Gasteiger partial charge in [-0.1, -0.05) is 31.2 Å². The number of rotatable bonds is 7. The predicted octanol–water partition coefficient (Wildman–Crippen LogP) is 3.02. The lowest BCUT2D eigenvalue weighted by molar-refractivity contribution is 0.0940. The number of anilines is 1. The van der Waals surface area contributed by atoms with Crippen molar-refractivity contribution in [1.82, 2.24) is 5.32 Å². The minimum Gasteiger partial charge on any atom is -0.495 e. The molecule has 0 radical (unpaired) electrons. The van der Waals surface area contributed by atoms with Crippen molar-refractivity contribution >= 4 is 21.6 Å². The van der Waals surface area contributed by atoms with Gasteiger partial charge in [-0.3, -0.25) is 9.52 Å². The number of methoxy groups -OCH3 is 1. The van der Waals surface area contributed by atoms with Gasteiger partial charge in [-0.15, -0.1) is 0 Å². The molecule has 0 fully saturated rings. The van der Waals surface area contributed by atoms with Crippen LogP contribution in [0, 0.1) is 0 Å². The molecule has 7 heteroatoms. The number of nitrogens with one attached hydrogen (secondary N) is 2. The number of ether oxygens (including phenoxy) is 1. The van der Waals surface area contributed by atoms with Gasteiger partial charge >= 0.3 is 0 Å². The quantitative estimate of drug-likeness (QED) is 0.793. The second-order valence-corrected chi connectivity index (χ2v) is 7.24. The summed E-state index contributed by atoms with van der Waals surface area (Å²) in [6.07, 6.45) is 0.779. The minimum absolute atomic E-state index is 0.00798. The van der Waals surface area contributed by atoms with Gasteiger partial charge in [-0.2, -0.15) is 0 Å². The molecule has 0 spiro atoms. The van der Waals surface area contributed by atoms with Crippen LogP contribution in [0.5, 0.6) is 5.75 Å². The van der Waals surface area contributed by atoms with Crippen LogP contribution in [0.25, 0.3) is 0 Å². The molecular weight excluding hydrogens is 340 g/mol. The van der Waals surface area contributed by atoms with Gasteiger partial charge in [-0.25, -0.2) is 8.42 Å². The van der Waals surface area contributed by atoms with Crippen molar-refractivity contribution in [3.63, 3.8) is 0 Å². The Hall–Kier alpha value is -2.54. The number of carbonyl (C=O) groups excluding carboxylic acids is 1. The molecule has 2 rings (SSSR count). The van der Waals surface area contributed by atoms with E-state index in [0.29, 0.717) is 0 Å². The normalized spacial score (nSPS) is 12.3. The number of sulfonamides is 1. The van der Waals surface area contributed by atoms with Crippen molar-refractivity contribution in [2.75, 3.05) is 11.8 Å². The lowest BCUT2D eigenvalue weighted by atomic mass is 10.1. The lowest BCUT2D eigenvalue weighted by Gasteiger charge is -2.16. The Kier molecular flexibility index (Phi) is 6.03. The summed E-state index contributed by atoms with van der Waals surface area (Å²) >= 11 is 0. The zero-order valence-corrected chi connectivity index (χ0v) is 15.3. The summed E-state index contributed by atoms with van der Waals surface area (Å²) in [5.74, 6) is -0.0933. The Labute approximate surface area is 148 Å². The topological polar surface area (TPSA) is 84.5 Å². The first kappa shape index (κ1) is 18.8. The van der Waals surface area contributed by atoms with E-state index in [1.165, 1.54) is 13.2 Å². The van der Waals surface area contributed by atoms with Crippen LogP contribution < -0.4 is 14.8 Å². The summed E-state index contributed by atoms with van der Waals surface area (Å²) in [6.45, 7) is 3.85. The molecule has 0 aliphatic carbocycles. The van der Waals surface area contributed by atoms with Crippen molar-refractivity contribution < 1.29 is 17.9 Å². The van der Waals surface area contributed by atoms with Gasteiger partial charge in [0.1, 0.15) is 10.6 Å². The summed E-state index contributed by atoms with van der Waals surface area (Å²) in [4.78, 5) is 12.4. The van der Waals surface area contributed by atoms with E-state index in [4.69, 9.17) is 4.74 Å². The van der Waals surface area contributed by atoms with E-state index in [-0.39, 0.29) is 33.8 Å². The molecule has 0 aliphatic heterocycles. The van der Waals surface area contributed by atoms with Crippen LogP contribution in [0.3, 0.4) is 0 Å². The maximum atomic E-state index is 12.7. The second kappa shape index (κ2) is 8.02. The van der Waals surface area contributed by atoms with Gasteiger partial charge in [0.05, 0.1) is 18.4 Å². The van der Waals surface area contributed by atoms with Crippen LogP contribution in [0.2, 0.25) is 0 Å². The molecule has 6 nitrogen and oxygen atoms in total. The van der Waals surface area contributed by atoms with Crippen molar-refractivity contribution in [2.45, 2.75) is 31.2 Å². The molecule has 0 unspecified atom stereocenters. The van der Waals surface area contributed by atoms with E-state index in [1.54, 1.807) is 42.5 Å². The first-order chi connectivity index (χ1) is 11.9. The summed E-state index contributed by atoms with van der Waals surface area (Å²) in [6, 6.07) is 12.8. The van der Waals surface area contributed by atoms with E-state index >= 15 is 0 Å². The highest BCUT2D eigenvalue weighted by atomic mass is 32.2. The molecule has 25 heavy (non-hydrogen) atoms. The standard InChI is InChI=1S/C18H22N2O4S/c1-4-13(2)19-18(21)14-9-5-6-10-15(14)20-25(22,23)17-12-8-7-11-16(17)24-3/h5-13,20H,4H2,1-3H3,(H,19,21)/t13-/m1/s1. The van der Waals surface area contributed by atoms with Crippen LogP contribution >= 0.6 is 0 Å². The molecule has 0 saturated heterocycles. The van der Waals surface area contributed by atoms with Gasteiger partial charge in [0.25, 0.3) is 15.9 Å². The Morgan fingerprint density at radius 1 is 1.12 bits per heavy atom. The smallest absolute Gasteiger partial charge is 0.265 e. The summed E-state index contributed by atoms with van der Waals surface area (Å²) < 4.78 is 33.0. The number of amides is 1. The third-order valence-electron chi connectivity index (χ3n) is 3.76. The van der Waals surface area contributed by atoms with Gasteiger partial charge in [0, 0.05) is 6.04 Å². The largest absolute Gasteiger partial charge is 0.495 e. The molecule has 2 aromatic rings. The zero-order valence-electron chi connectivity index (χ0n) is 14.4. The van der Waals surface area contributed by atoms with E-state index in [2.05, 4.69) is 10.0 Å². The van der Waals surface area contributed by atoms with Crippen LogP contribution in [0.4, 0.5) is 5.69 Å². The lowest BCUT2D eigenvalue weighted by Crippen LogP contribution is -2.32. The van der Waals surface area contributed by atoms with Crippen LogP contribution in [-0.2, 0) is 10.0 Å². The number of benzene rings is 2. The Bertz CT molecular complexity index is 850. The Morgan fingerprint density at radius 3 is 2.44 bits per heavy atom. The first-order valence-electron chi connectivity index (χ1n) is 7.94. The molecule has 0 aliphatic rings. The van der Waals surface area contributed by atoms with Gasteiger partial charge in [0.15, 0.2) is 0 Å². The molecule has 2 N–H and O–H groups in total. The SMILES string of the molecule is CC[C@@H](C)NC(=O)c1ccccc1NS(=O)(=O)c1ccccc1OC. The highest BCUT2D eigenvalue weighted by Gasteiger charge is 2.22. The molecule has 134 valence electrons. The van der Waals surface area contributed by atoms with E-state index in [0.717, 1.165) is 6.42 Å². The molecule has 0 saturated carbocycles.